The molecule has 0 spiro atoms. The van der Waals surface area contributed by atoms with E-state index >= 15 is 0 Å². The predicted octanol–water partition coefficient (Wildman–Crippen LogP) is -0.229. The van der Waals surface area contributed by atoms with E-state index in [1.165, 1.54) is 13.2 Å². The maximum atomic E-state index is 11.5. The van der Waals surface area contributed by atoms with Crippen LogP contribution in [-0.2, 0) is 19.1 Å². The van der Waals surface area contributed by atoms with Gasteiger partial charge in [-0.1, -0.05) is 6.08 Å². The van der Waals surface area contributed by atoms with Crippen molar-refractivity contribution >= 4 is 25.6 Å². The molecular formula is C10H14BNO5. The number of hydrogen-bond donors (Lipinski definition) is 1. The Hall–Kier alpha value is -1.79. The van der Waals surface area contributed by atoms with E-state index in [-0.39, 0.29) is 6.42 Å². The highest BCUT2D eigenvalue weighted by Gasteiger charge is 2.34. The monoisotopic (exact) mass is 239 g/mol. The van der Waals surface area contributed by atoms with E-state index in [1.807, 2.05) is 0 Å². The van der Waals surface area contributed by atoms with Gasteiger partial charge in [-0.15, -0.1) is 6.58 Å². The summed E-state index contributed by atoms with van der Waals surface area (Å²) >= 11 is 0. The van der Waals surface area contributed by atoms with Gasteiger partial charge < -0.3 is 14.8 Å². The molecule has 92 valence electrons. The average Bonchev–Trinajstić information content (AvgIpc) is 2.31. The van der Waals surface area contributed by atoms with Gasteiger partial charge in [0.2, 0.25) is 7.85 Å². The van der Waals surface area contributed by atoms with Crippen LogP contribution in [0.4, 0.5) is 4.79 Å². The lowest BCUT2D eigenvalue weighted by Crippen LogP contribution is -2.49. The molecule has 0 bridgehead atoms. The van der Waals surface area contributed by atoms with Crippen LogP contribution in [0.5, 0.6) is 0 Å². The average molecular weight is 239 g/mol. The highest BCUT2D eigenvalue weighted by atomic mass is 16.5. The van der Waals surface area contributed by atoms with E-state index in [9.17, 15) is 14.4 Å². The molecule has 2 atom stereocenters. The van der Waals surface area contributed by atoms with E-state index in [0.717, 1.165) is 7.11 Å². The van der Waals surface area contributed by atoms with Crippen molar-refractivity contribution in [2.75, 3.05) is 14.2 Å². The molecular weight excluding hydrogens is 225 g/mol. The fraction of sp³-hybridized carbons (Fsp3) is 0.500. The molecule has 6 nitrogen and oxygen atoms in total. The second-order valence-corrected chi connectivity index (χ2v) is 3.16. The third-order valence-corrected chi connectivity index (χ3v) is 2.08. The zero-order chi connectivity index (χ0) is 13.4. The first-order valence-electron chi connectivity index (χ1n) is 4.80. The summed E-state index contributed by atoms with van der Waals surface area (Å²) in [5, 5.41) is 2.15. The Balaban J connectivity index is 5.04. The van der Waals surface area contributed by atoms with Gasteiger partial charge in [-0.25, -0.2) is 4.79 Å². The Bertz CT molecular complexity index is 318. The van der Waals surface area contributed by atoms with Crippen LogP contribution in [0.15, 0.2) is 12.7 Å². The minimum absolute atomic E-state index is 0.146. The molecule has 0 fully saturated rings. The van der Waals surface area contributed by atoms with E-state index in [4.69, 9.17) is 7.85 Å². The van der Waals surface area contributed by atoms with E-state index in [2.05, 4.69) is 21.4 Å². The highest BCUT2D eigenvalue weighted by Crippen LogP contribution is 2.13. The van der Waals surface area contributed by atoms with Crippen LogP contribution >= 0.6 is 0 Å². The quantitative estimate of drug-likeness (QED) is 0.393. The van der Waals surface area contributed by atoms with Crippen LogP contribution in [0.25, 0.3) is 0 Å². The van der Waals surface area contributed by atoms with Crippen molar-refractivity contribution in [1.82, 2.24) is 5.32 Å². The van der Waals surface area contributed by atoms with Crippen LogP contribution in [0, 0.1) is 5.92 Å². The molecule has 0 saturated heterocycles. The number of ether oxygens (including phenoxy) is 2. The van der Waals surface area contributed by atoms with Crippen molar-refractivity contribution in [3.8, 4) is 0 Å². The molecule has 0 heterocycles. The number of rotatable bonds is 6. The van der Waals surface area contributed by atoms with Crippen molar-refractivity contribution < 1.29 is 23.9 Å². The standard InChI is InChI=1S/C10H14BNO5/c1-4-5-6(8(13)16-2)7(9(14)17-3)12-10(11)15/h4,6-7H,1,5H2,2-3H3,(H,12,15). The van der Waals surface area contributed by atoms with E-state index < -0.39 is 29.7 Å². The summed E-state index contributed by atoms with van der Waals surface area (Å²) in [6.07, 6.45) is 1.58. The minimum atomic E-state index is -1.19. The van der Waals surface area contributed by atoms with Crippen molar-refractivity contribution in [2.24, 2.45) is 5.92 Å². The number of methoxy groups -OCH3 is 2. The van der Waals surface area contributed by atoms with Gasteiger partial charge in [-0.3, -0.25) is 9.59 Å². The number of amides is 1. The summed E-state index contributed by atoms with van der Waals surface area (Å²) in [5.74, 6) is -3.29. The van der Waals surface area contributed by atoms with E-state index in [0.29, 0.717) is 0 Å². The first-order valence-corrected chi connectivity index (χ1v) is 4.80. The summed E-state index contributed by atoms with van der Waals surface area (Å²) in [4.78, 5) is 33.7. The van der Waals surface area contributed by atoms with Crippen LogP contribution in [0.1, 0.15) is 6.42 Å². The normalized spacial score (nSPS) is 13.1. The summed E-state index contributed by atoms with van der Waals surface area (Å²) in [6.45, 7) is 3.46. The Labute approximate surface area is 101 Å². The van der Waals surface area contributed by atoms with Crippen LogP contribution in [0.2, 0.25) is 0 Å². The molecule has 0 aliphatic carbocycles. The molecule has 0 saturated carbocycles. The number of carbonyl (C=O) groups excluding carboxylic acids is 3. The Morgan fingerprint density at radius 3 is 2.18 bits per heavy atom. The van der Waals surface area contributed by atoms with Crippen molar-refractivity contribution in [3.63, 3.8) is 0 Å². The van der Waals surface area contributed by atoms with Crippen molar-refractivity contribution in [1.29, 1.82) is 0 Å². The molecule has 0 aromatic heterocycles. The molecule has 0 aromatic rings. The Kier molecular flexibility index (Phi) is 6.70. The lowest BCUT2D eigenvalue weighted by atomic mass is 9.94. The maximum Gasteiger partial charge on any atom is 0.329 e. The van der Waals surface area contributed by atoms with Gasteiger partial charge in [-0.2, -0.15) is 0 Å². The molecule has 0 aliphatic rings. The highest BCUT2D eigenvalue weighted by molar-refractivity contribution is 6.57. The number of nitrogens with one attached hydrogen (secondary N) is 1. The van der Waals surface area contributed by atoms with E-state index in [1.54, 1.807) is 0 Å². The molecule has 2 unspecified atom stereocenters. The minimum Gasteiger partial charge on any atom is -0.469 e. The Morgan fingerprint density at radius 2 is 1.82 bits per heavy atom. The zero-order valence-electron chi connectivity index (χ0n) is 9.76. The van der Waals surface area contributed by atoms with Crippen LogP contribution in [-0.4, -0.2) is 45.9 Å². The molecule has 17 heavy (non-hydrogen) atoms. The van der Waals surface area contributed by atoms with Crippen molar-refractivity contribution in [3.05, 3.63) is 12.7 Å². The van der Waals surface area contributed by atoms with Gasteiger partial charge in [0.25, 0.3) is 0 Å². The summed E-state index contributed by atoms with van der Waals surface area (Å²) in [5.41, 5.74) is 0. The second kappa shape index (κ2) is 7.48. The molecule has 1 amide bonds. The zero-order valence-corrected chi connectivity index (χ0v) is 9.76. The van der Waals surface area contributed by atoms with Crippen molar-refractivity contribution in [2.45, 2.75) is 12.5 Å². The Morgan fingerprint density at radius 1 is 1.29 bits per heavy atom. The first-order chi connectivity index (χ1) is 7.97. The number of carbonyl (C=O) groups is 3. The van der Waals surface area contributed by atoms with Gasteiger partial charge in [0.05, 0.1) is 20.1 Å². The lowest BCUT2D eigenvalue weighted by Gasteiger charge is -2.22. The summed E-state index contributed by atoms with van der Waals surface area (Å²) in [6, 6.07) is -1.19. The fourth-order valence-corrected chi connectivity index (χ4v) is 1.30. The molecule has 0 aliphatic heterocycles. The fourth-order valence-electron chi connectivity index (χ4n) is 1.30. The smallest absolute Gasteiger partial charge is 0.329 e. The van der Waals surface area contributed by atoms with Gasteiger partial charge in [-0.05, 0) is 6.42 Å². The van der Waals surface area contributed by atoms with Gasteiger partial charge in [0.1, 0.15) is 6.04 Å². The number of allylic oxidation sites excluding steroid dienone is 1. The second-order valence-electron chi connectivity index (χ2n) is 3.16. The number of esters is 2. The third-order valence-electron chi connectivity index (χ3n) is 2.08. The van der Waals surface area contributed by atoms with Gasteiger partial charge >= 0.3 is 11.9 Å². The third kappa shape index (κ3) is 4.71. The van der Waals surface area contributed by atoms with Gasteiger partial charge in [0.15, 0.2) is 5.81 Å². The molecule has 0 aromatic carbocycles. The SMILES string of the molecule is [B]C(=O)NC(C(=O)OC)C(CC=C)C(=O)OC. The molecule has 2 radical (unpaired) electrons. The maximum absolute atomic E-state index is 11.5. The predicted molar refractivity (Wildman–Crippen MR) is 60.4 cm³/mol. The van der Waals surface area contributed by atoms with Crippen LogP contribution in [0.3, 0.4) is 0 Å². The first kappa shape index (κ1) is 15.2. The molecule has 1 N–H and O–H groups in total. The largest absolute Gasteiger partial charge is 0.469 e. The molecule has 7 heteroatoms. The molecule has 0 rings (SSSR count). The van der Waals surface area contributed by atoms with Gasteiger partial charge in [0, 0.05) is 0 Å². The number of hydrogen-bond acceptors (Lipinski definition) is 5. The van der Waals surface area contributed by atoms with Crippen LogP contribution < -0.4 is 5.32 Å². The summed E-state index contributed by atoms with van der Waals surface area (Å²) in [7, 11) is 7.24. The summed E-state index contributed by atoms with van der Waals surface area (Å²) < 4.78 is 9.02. The topological polar surface area (TPSA) is 81.7 Å². The lowest BCUT2D eigenvalue weighted by molar-refractivity contribution is -0.154.